The lowest BCUT2D eigenvalue weighted by molar-refractivity contribution is -0.139. The molecule has 0 aliphatic heterocycles. The van der Waals surface area contributed by atoms with Crippen molar-refractivity contribution in [2.75, 3.05) is 17.7 Å². The molecule has 0 aliphatic carbocycles. The molecule has 0 unspecified atom stereocenters. The van der Waals surface area contributed by atoms with Crippen molar-refractivity contribution in [1.29, 1.82) is 0 Å². The number of nitrogens with one attached hydrogen (secondary N) is 1. The largest absolute Gasteiger partial charge is 0.465 e. The lowest BCUT2D eigenvalue weighted by Gasteiger charge is -2.08. The molecule has 1 amide bonds. The van der Waals surface area contributed by atoms with Gasteiger partial charge in [0.25, 0.3) is 5.91 Å². The van der Waals surface area contributed by atoms with Gasteiger partial charge in [-0.15, -0.1) is 10.2 Å². The Labute approximate surface area is 169 Å². The number of aromatic nitrogens is 3. The van der Waals surface area contributed by atoms with Crippen LogP contribution in [0.15, 0.2) is 53.0 Å². The van der Waals surface area contributed by atoms with E-state index in [0.29, 0.717) is 21.8 Å². The molecular formula is C18H16N4O4S2. The van der Waals surface area contributed by atoms with Gasteiger partial charge in [-0.25, -0.2) is 4.98 Å². The zero-order chi connectivity index (χ0) is 19.8. The monoisotopic (exact) mass is 416 g/mol. The molecule has 3 aromatic rings. The molecule has 0 fully saturated rings. The van der Waals surface area contributed by atoms with Crippen molar-refractivity contribution in [3.8, 4) is 11.6 Å². The fourth-order valence-electron chi connectivity index (χ4n) is 2.05. The first kappa shape index (κ1) is 19.8. The van der Waals surface area contributed by atoms with E-state index in [1.165, 1.54) is 23.1 Å². The third kappa shape index (κ3) is 5.51. The predicted octanol–water partition coefficient (Wildman–Crippen LogP) is 3.63. The highest BCUT2D eigenvalue weighted by Gasteiger charge is 2.17. The maximum Gasteiger partial charge on any atom is 0.316 e. The average Bonchev–Trinajstić information content (AvgIpc) is 3.15. The van der Waals surface area contributed by atoms with Crippen LogP contribution in [0.3, 0.4) is 0 Å². The van der Waals surface area contributed by atoms with Crippen LogP contribution in [0.1, 0.15) is 17.3 Å². The predicted molar refractivity (Wildman–Crippen MR) is 106 cm³/mol. The van der Waals surface area contributed by atoms with Crippen LogP contribution in [-0.4, -0.2) is 39.4 Å². The summed E-state index contributed by atoms with van der Waals surface area (Å²) in [5.74, 6) is 0.147. The van der Waals surface area contributed by atoms with Crippen molar-refractivity contribution >= 4 is 40.1 Å². The van der Waals surface area contributed by atoms with Crippen LogP contribution in [0.25, 0.3) is 0 Å². The first-order valence-electron chi connectivity index (χ1n) is 8.27. The summed E-state index contributed by atoms with van der Waals surface area (Å²) < 4.78 is 11.1. The second-order valence-corrected chi connectivity index (χ2v) is 7.39. The van der Waals surface area contributed by atoms with Crippen LogP contribution in [0, 0.1) is 0 Å². The van der Waals surface area contributed by atoms with E-state index in [4.69, 9.17) is 9.47 Å². The summed E-state index contributed by atoms with van der Waals surface area (Å²) in [6, 6.07) is 12.3. The number of carbonyl (C=O) groups excluding carboxylic acids is 2. The molecule has 1 aromatic carbocycles. The normalized spacial score (nSPS) is 10.3. The second-order valence-electron chi connectivity index (χ2n) is 5.19. The van der Waals surface area contributed by atoms with Gasteiger partial charge in [0.15, 0.2) is 4.34 Å². The van der Waals surface area contributed by atoms with E-state index in [9.17, 15) is 9.59 Å². The Morgan fingerprint density at radius 2 is 1.96 bits per heavy atom. The number of hydrogen-bond donors (Lipinski definition) is 1. The SMILES string of the molecule is CCOC(=O)CSc1nnc(NC(=O)c2cccnc2Oc2ccccc2)s1. The summed E-state index contributed by atoms with van der Waals surface area (Å²) in [6.07, 6.45) is 1.55. The molecule has 0 saturated carbocycles. The minimum Gasteiger partial charge on any atom is -0.465 e. The number of benzene rings is 1. The van der Waals surface area contributed by atoms with Gasteiger partial charge in [-0.2, -0.15) is 0 Å². The molecule has 3 rings (SSSR count). The molecule has 0 radical (unpaired) electrons. The van der Waals surface area contributed by atoms with E-state index in [1.807, 2.05) is 18.2 Å². The zero-order valence-electron chi connectivity index (χ0n) is 14.8. The van der Waals surface area contributed by atoms with E-state index >= 15 is 0 Å². The molecule has 0 saturated heterocycles. The molecule has 2 heterocycles. The van der Waals surface area contributed by atoms with E-state index in [2.05, 4.69) is 20.5 Å². The number of amides is 1. The summed E-state index contributed by atoms with van der Waals surface area (Å²) in [6.45, 7) is 2.07. The van der Waals surface area contributed by atoms with Gasteiger partial charge >= 0.3 is 5.97 Å². The van der Waals surface area contributed by atoms with Crippen molar-refractivity contribution in [2.24, 2.45) is 0 Å². The molecule has 0 atom stereocenters. The summed E-state index contributed by atoms with van der Waals surface area (Å²) in [4.78, 5) is 28.1. The number of hydrogen-bond acceptors (Lipinski definition) is 9. The maximum atomic E-state index is 12.6. The molecular weight excluding hydrogens is 400 g/mol. The lowest BCUT2D eigenvalue weighted by Crippen LogP contribution is -2.13. The smallest absolute Gasteiger partial charge is 0.316 e. The first-order valence-corrected chi connectivity index (χ1v) is 10.1. The Bertz CT molecular complexity index is 950. The number of ether oxygens (including phenoxy) is 2. The summed E-state index contributed by atoms with van der Waals surface area (Å²) in [5.41, 5.74) is 0.266. The zero-order valence-corrected chi connectivity index (χ0v) is 16.5. The molecule has 10 heteroatoms. The fourth-order valence-corrected chi connectivity index (χ4v) is 3.60. The third-order valence-electron chi connectivity index (χ3n) is 3.22. The van der Waals surface area contributed by atoms with E-state index in [0.717, 1.165) is 0 Å². The van der Waals surface area contributed by atoms with E-state index in [-0.39, 0.29) is 23.2 Å². The van der Waals surface area contributed by atoms with Crippen molar-refractivity contribution in [2.45, 2.75) is 11.3 Å². The molecule has 0 spiro atoms. The number of carbonyl (C=O) groups is 2. The van der Waals surface area contributed by atoms with Crippen LogP contribution >= 0.6 is 23.1 Å². The number of anilines is 1. The van der Waals surface area contributed by atoms with E-state index < -0.39 is 5.91 Å². The Morgan fingerprint density at radius 1 is 1.14 bits per heavy atom. The Hall–Kier alpha value is -2.98. The maximum absolute atomic E-state index is 12.6. The number of thioether (sulfide) groups is 1. The number of esters is 1. The highest BCUT2D eigenvalue weighted by Crippen LogP contribution is 2.27. The van der Waals surface area contributed by atoms with Crippen molar-refractivity contribution in [3.63, 3.8) is 0 Å². The molecule has 144 valence electrons. The fraction of sp³-hybridized carbons (Fsp3) is 0.167. The minimum absolute atomic E-state index is 0.133. The Balaban J connectivity index is 1.65. The highest BCUT2D eigenvalue weighted by atomic mass is 32.2. The molecule has 0 aliphatic rings. The molecule has 28 heavy (non-hydrogen) atoms. The highest BCUT2D eigenvalue weighted by molar-refractivity contribution is 8.01. The van der Waals surface area contributed by atoms with Crippen LogP contribution in [0.5, 0.6) is 11.6 Å². The number of pyridine rings is 1. The van der Waals surface area contributed by atoms with Gasteiger partial charge in [0.05, 0.1) is 12.4 Å². The van der Waals surface area contributed by atoms with Crippen LogP contribution in [0.4, 0.5) is 5.13 Å². The van der Waals surface area contributed by atoms with Crippen LogP contribution in [0.2, 0.25) is 0 Å². The number of rotatable bonds is 8. The van der Waals surface area contributed by atoms with Gasteiger partial charge in [0, 0.05) is 6.20 Å². The quantitative estimate of drug-likeness (QED) is 0.337. The van der Waals surface area contributed by atoms with Gasteiger partial charge in [0.1, 0.15) is 11.3 Å². The van der Waals surface area contributed by atoms with E-state index in [1.54, 1.807) is 37.4 Å². The van der Waals surface area contributed by atoms with Gasteiger partial charge in [0.2, 0.25) is 11.0 Å². The third-order valence-corrected chi connectivity index (χ3v) is 5.16. The molecule has 1 N–H and O–H groups in total. The van der Waals surface area contributed by atoms with Gasteiger partial charge < -0.3 is 9.47 Å². The Kier molecular flexibility index (Phi) is 6.93. The van der Waals surface area contributed by atoms with Crippen LogP contribution < -0.4 is 10.1 Å². The first-order chi connectivity index (χ1) is 13.7. The standard InChI is InChI=1S/C18H16N4O4S2/c1-2-25-14(23)11-27-18-22-21-17(28-18)20-15(24)13-9-6-10-19-16(13)26-12-7-4-3-5-8-12/h3-10H,2,11H2,1H3,(H,20,21,24). The molecule has 8 nitrogen and oxygen atoms in total. The van der Waals surface area contributed by atoms with Gasteiger partial charge in [-0.3, -0.25) is 14.9 Å². The lowest BCUT2D eigenvalue weighted by atomic mass is 10.2. The molecule has 2 aromatic heterocycles. The summed E-state index contributed by atoms with van der Waals surface area (Å²) in [5, 5.41) is 10.9. The number of nitrogens with zero attached hydrogens (tertiary/aromatic N) is 3. The van der Waals surface area contributed by atoms with Crippen molar-refractivity contribution in [3.05, 3.63) is 54.2 Å². The summed E-state index contributed by atoms with van der Waals surface area (Å²) in [7, 11) is 0. The van der Waals surface area contributed by atoms with Crippen molar-refractivity contribution in [1.82, 2.24) is 15.2 Å². The Morgan fingerprint density at radius 3 is 2.75 bits per heavy atom. The topological polar surface area (TPSA) is 103 Å². The second kappa shape index (κ2) is 9.81. The average molecular weight is 416 g/mol. The number of para-hydroxylation sites is 1. The molecule has 0 bridgehead atoms. The van der Waals surface area contributed by atoms with Gasteiger partial charge in [-0.1, -0.05) is 41.3 Å². The van der Waals surface area contributed by atoms with Gasteiger partial charge in [-0.05, 0) is 31.2 Å². The minimum atomic E-state index is -0.419. The van der Waals surface area contributed by atoms with Crippen molar-refractivity contribution < 1.29 is 19.1 Å². The van der Waals surface area contributed by atoms with Crippen LogP contribution in [-0.2, 0) is 9.53 Å². The summed E-state index contributed by atoms with van der Waals surface area (Å²) >= 11 is 2.36.